The summed E-state index contributed by atoms with van der Waals surface area (Å²) >= 11 is 2.72. The van der Waals surface area contributed by atoms with Gasteiger partial charge in [0, 0.05) is 36.6 Å². The first-order valence-corrected chi connectivity index (χ1v) is 8.02. The minimum atomic E-state index is 0.615. The van der Waals surface area contributed by atoms with Crippen LogP contribution in [0.5, 0.6) is 0 Å². The van der Waals surface area contributed by atoms with Crippen molar-refractivity contribution in [3.05, 3.63) is 0 Å². The third-order valence-corrected chi connectivity index (χ3v) is 6.28. The molecule has 1 aliphatic carbocycles. The number of nitrogens with one attached hydrogen (secondary N) is 1. The van der Waals surface area contributed by atoms with Crippen molar-refractivity contribution >= 4 is 22.6 Å². The van der Waals surface area contributed by atoms with Crippen molar-refractivity contribution in [1.82, 2.24) is 10.2 Å². The van der Waals surface area contributed by atoms with Crippen LogP contribution in [0.15, 0.2) is 0 Å². The Hall–Kier alpha value is 0.650. The van der Waals surface area contributed by atoms with Crippen LogP contribution in [0.3, 0.4) is 0 Å². The van der Waals surface area contributed by atoms with Crippen molar-refractivity contribution in [3.63, 3.8) is 0 Å². The Morgan fingerprint density at radius 2 is 1.81 bits per heavy atom. The van der Waals surface area contributed by atoms with E-state index >= 15 is 0 Å². The molecule has 1 N–H and O–H groups in total. The van der Waals surface area contributed by atoms with Gasteiger partial charge < -0.3 is 5.32 Å². The fourth-order valence-corrected chi connectivity index (χ4v) is 4.19. The van der Waals surface area contributed by atoms with Gasteiger partial charge in [-0.2, -0.15) is 0 Å². The third-order valence-electron chi connectivity index (χ3n) is 4.38. The maximum atomic E-state index is 3.43. The molecule has 1 heterocycles. The van der Waals surface area contributed by atoms with Gasteiger partial charge in [0.05, 0.1) is 0 Å². The van der Waals surface area contributed by atoms with Crippen molar-refractivity contribution < 1.29 is 0 Å². The predicted octanol–water partition coefficient (Wildman–Crippen LogP) is 2.67. The summed E-state index contributed by atoms with van der Waals surface area (Å²) in [6.45, 7) is 8.68. The van der Waals surface area contributed by atoms with E-state index in [1.807, 2.05) is 0 Å². The second-order valence-electron chi connectivity index (χ2n) is 5.73. The average molecular weight is 336 g/mol. The van der Waals surface area contributed by atoms with Crippen molar-refractivity contribution in [1.29, 1.82) is 0 Å². The topological polar surface area (TPSA) is 15.3 Å². The van der Waals surface area contributed by atoms with Crippen molar-refractivity contribution in [2.45, 2.75) is 43.0 Å². The second-order valence-corrected chi connectivity index (χ2v) is 7.24. The fraction of sp³-hybridized carbons (Fsp3) is 1.00. The summed E-state index contributed by atoms with van der Waals surface area (Å²) in [6, 6.07) is 0. The number of halogens is 1. The molecule has 0 spiro atoms. The molecule has 94 valence electrons. The van der Waals surface area contributed by atoms with Crippen LogP contribution in [0.25, 0.3) is 0 Å². The minimum Gasteiger partial charge on any atom is -0.314 e. The Labute approximate surface area is 114 Å². The SMILES string of the molecule is CC1(C(I)CN2CCNCC2)CCCCC1. The van der Waals surface area contributed by atoms with E-state index in [0.29, 0.717) is 5.41 Å². The zero-order valence-electron chi connectivity index (χ0n) is 10.5. The van der Waals surface area contributed by atoms with Gasteiger partial charge in [0.25, 0.3) is 0 Å². The average Bonchev–Trinajstić information content (AvgIpc) is 2.31. The Morgan fingerprint density at radius 3 is 2.44 bits per heavy atom. The van der Waals surface area contributed by atoms with Gasteiger partial charge in [-0.05, 0) is 18.3 Å². The monoisotopic (exact) mass is 336 g/mol. The molecule has 0 aromatic rings. The van der Waals surface area contributed by atoms with Crippen LogP contribution in [0.2, 0.25) is 0 Å². The van der Waals surface area contributed by atoms with Crippen LogP contribution in [0, 0.1) is 5.41 Å². The lowest BCUT2D eigenvalue weighted by atomic mass is 9.73. The molecular weight excluding hydrogens is 311 g/mol. The molecule has 1 unspecified atom stereocenters. The van der Waals surface area contributed by atoms with Gasteiger partial charge in [-0.1, -0.05) is 48.8 Å². The lowest BCUT2D eigenvalue weighted by Crippen LogP contribution is -2.48. The molecule has 0 amide bonds. The lowest BCUT2D eigenvalue weighted by molar-refractivity contribution is 0.165. The number of piperazine rings is 1. The van der Waals surface area contributed by atoms with E-state index in [4.69, 9.17) is 0 Å². The predicted molar refractivity (Wildman–Crippen MR) is 78.3 cm³/mol. The number of nitrogens with zero attached hydrogens (tertiary/aromatic N) is 1. The number of hydrogen-bond donors (Lipinski definition) is 1. The van der Waals surface area contributed by atoms with E-state index in [9.17, 15) is 0 Å². The first-order valence-electron chi connectivity index (χ1n) is 6.78. The fourth-order valence-electron chi connectivity index (χ4n) is 3.01. The largest absolute Gasteiger partial charge is 0.314 e. The molecule has 1 saturated carbocycles. The minimum absolute atomic E-state index is 0.615. The normalized spacial score (nSPS) is 28.9. The molecule has 2 rings (SSSR count). The van der Waals surface area contributed by atoms with Gasteiger partial charge in [0.1, 0.15) is 0 Å². The van der Waals surface area contributed by atoms with E-state index in [1.165, 1.54) is 64.8 Å². The molecule has 2 fully saturated rings. The first-order chi connectivity index (χ1) is 7.71. The van der Waals surface area contributed by atoms with Gasteiger partial charge in [-0.15, -0.1) is 0 Å². The summed E-state index contributed by atoms with van der Waals surface area (Å²) in [4.78, 5) is 2.65. The number of alkyl halides is 1. The highest BCUT2D eigenvalue weighted by atomic mass is 127. The third kappa shape index (κ3) is 3.33. The molecule has 0 bridgehead atoms. The van der Waals surface area contributed by atoms with E-state index in [-0.39, 0.29) is 0 Å². The molecule has 0 aromatic heterocycles. The first kappa shape index (κ1) is 13.1. The second kappa shape index (κ2) is 6.01. The van der Waals surface area contributed by atoms with Gasteiger partial charge >= 0.3 is 0 Å². The molecule has 1 atom stereocenters. The molecule has 1 aliphatic heterocycles. The maximum Gasteiger partial charge on any atom is 0.0291 e. The van der Waals surface area contributed by atoms with E-state index in [0.717, 1.165) is 3.92 Å². The standard InChI is InChI=1S/C13H25IN2/c1-13(5-3-2-4-6-13)12(14)11-16-9-7-15-8-10-16/h12,15H,2-11H2,1H3. The van der Waals surface area contributed by atoms with Gasteiger partial charge in [0.15, 0.2) is 0 Å². The Kier molecular flexibility index (Phi) is 4.91. The molecule has 16 heavy (non-hydrogen) atoms. The highest BCUT2D eigenvalue weighted by molar-refractivity contribution is 14.1. The molecule has 1 saturated heterocycles. The summed E-state index contributed by atoms with van der Waals surface area (Å²) in [5.74, 6) is 0. The van der Waals surface area contributed by atoms with Gasteiger partial charge in [-0.3, -0.25) is 4.90 Å². The van der Waals surface area contributed by atoms with Crippen molar-refractivity contribution in [3.8, 4) is 0 Å². The van der Waals surface area contributed by atoms with E-state index < -0.39 is 0 Å². The van der Waals surface area contributed by atoms with Crippen LogP contribution < -0.4 is 5.32 Å². The molecule has 0 aromatic carbocycles. The van der Waals surface area contributed by atoms with Gasteiger partial charge in [0.2, 0.25) is 0 Å². The highest BCUT2D eigenvalue weighted by Gasteiger charge is 2.34. The lowest BCUT2D eigenvalue weighted by Gasteiger charge is -2.41. The Morgan fingerprint density at radius 1 is 1.19 bits per heavy atom. The zero-order chi connectivity index (χ0) is 11.4. The summed E-state index contributed by atoms with van der Waals surface area (Å²) < 4.78 is 0.837. The van der Waals surface area contributed by atoms with E-state index in [2.05, 4.69) is 39.7 Å². The van der Waals surface area contributed by atoms with Crippen molar-refractivity contribution in [2.75, 3.05) is 32.7 Å². The van der Waals surface area contributed by atoms with Crippen LogP contribution in [-0.2, 0) is 0 Å². The highest BCUT2D eigenvalue weighted by Crippen LogP contribution is 2.42. The quantitative estimate of drug-likeness (QED) is 0.630. The zero-order valence-corrected chi connectivity index (χ0v) is 12.6. The van der Waals surface area contributed by atoms with Crippen LogP contribution >= 0.6 is 22.6 Å². The molecule has 0 radical (unpaired) electrons. The van der Waals surface area contributed by atoms with Crippen molar-refractivity contribution in [2.24, 2.45) is 5.41 Å². The molecule has 2 nitrogen and oxygen atoms in total. The Bertz CT molecular complexity index is 208. The smallest absolute Gasteiger partial charge is 0.0291 e. The van der Waals surface area contributed by atoms with Crippen LogP contribution in [0.1, 0.15) is 39.0 Å². The molecule has 2 aliphatic rings. The molecule has 3 heteroatoms. The molecular formula is C13H25IN2. The van der Waals surface area contributed by atoms with Crippen LogP contribution in [-0.4, -0.2) is 41.5 Å². The summed E-state index contributed by atoms with van der Waals surface area (Å²) in [5.41, 5.74) is 0.615. The summed E-state index contributed by atoms with van der Waals surface area (Å²) in [6.07, 6.45) is 7.28. The summed E-state index contributed by atoms with van der Waals surface area (Å²) in [7, 11) is 0. The van der Waals surface area contributed by atoms with Gasteiger partial charge in [-0.25, -0.2) is 0 Å². The number of rotatable bonds is 3. The maximum absolute atomic E-state index is 3.43. The number of hydrogen-bond acceptors (Lipinski definition) is 2. The summed E-state index contributed by atoms with van der Waals surface area (Å²) in [5, 5.41) is 3.43. The van der Waals surface area contributed by atoms with Crippen LogP contribution in [0.4, 0.5) is 0 Å². The Balaban J connectivity index is 1.83. The van der Waals surface area contributed by atoms with E-state index in [1.54, 1.807) is 0 Å².